The van der Waals surface area contributed by atoms with Crippen molar-refractivity contribution in [3.63, 3.8) is 0 Å². The minimum Gasteiger partial charge on any atom is -0.370 e. The van der Waals surface area contributed by atoms with Gasteiger partial charge in [-0.2, -0.15) is 4.31 Å². The Labute approximate surface area is 154 Å². The molecule has 0 radical (unpaired) electrons. The van der Waals surface area contributed by atoms with E-state index in [0.29, 0.717) is 11.6 Å². The normalized spacial score (nSPS) is 21.2. The molecule has 1 fully saturated rings. The molecular weight excluding hydrogens is 358 g/mol. The molecule has 1 aliphatic heterocycles. The predicted molar refractivity (Wildman–Crippen MR) is 99.3 cm³/mol. The van der Waals surface area contributed by atoms with Crippen molar-refractivity contribution in [2.24, 2.45) is 0 Å². The van der Waals surface area contributed by atoms with Gasteiger partial charge in [-0.05, 0) is 50.6 Å². The molecule has 1 saturated heterocycles. The molecule has 6 heteroatoms. The van der Waals surface area contributed by atoms with Gasteiger partial charge in [0.15, 0.2) is 0 Å². The van der Waals surface area contributed by atoms with Crippen molar-refractivity contribution in [1.29, 1.82) is 0 Å². The predicted octanol–water partition coefficient (Wildman–Crippen LogP) is 4.19. The van der Waals surface area contributed by atoms with Crippen molar-refractivity contribution in [1.82, 2.24) is 4.31 Å². The molecule has 25 heavy (non-hydrogen) atoms. The van der Waals surface area contributed by atoms with E-state index in [9.17, 15) is 8.42 Å². The number of rotatable bonds is 3. The zero-order valence-corrected chi connectivity index (χ0v) is 16.1. The highest BCUT2D eigenvalue weighted by Crippen LogP contribution is 2.35. The van der Waals surface area contributed by atoms with Gasteiger partial charge in [-0.3, -0.25) is 0 Å². The zero-order chi connectivity index (χ0) is 18.2. The smallest absolute Gasteiger partial charge is 0.243 e. The quantitative estimate of drug-likeness (QED) is 0.803. The largest absolute Gasteiger partial charge is 0.370 e. The van der Waals surface area contributed by atoms with Gasteiger partial charge < -0.3 is 4.74 Å². The first-order valence-corrected chi connectivity index (χ1v) is 9.98. The Bertz CT molecular complexity index is 845. The van der Waals surface area contributed by atoms with Crippen molar-refractivity contribution in [3.8, 4) is 0 Å². The van der Waals surface area contributed by atoms with Crippen LogP contribution in [0.4, 0.5) is 0 Å². The number of nitrogens with zero attached hydrogens (tertiary/aromatic N) is 1. The van der Waals surface area contributed by atoms with Crippen LogP contribution in [0.2, 0.25) is 5.02 Å². The second-order valence-corrected chi connectivity index (χ2v) is 9.31. The second-order valence-electron chi connectivity index (χ2n) is 7.01. The van der Waals surface area contributed by atoms with Crippen molar-refractivity contribution in [3.05, 3.63) is 64.7 Å². The average Bonchev–Trinajstić information content (AvgIpc) is 2.56. The third-order valence-corrected chi connectivity index (χ3v) is 6.84. The maximum absolute atomic E-state index is 13.2. The SMILES string of the molecule is Cc1ccc(C2CN(S(=O)(=O)c3ccc(Cl)cc3)C(C)(C)CO2)cc1. The summed E-state index contributed by atoms with van der Waals surface area (Å²) >= 11 is 5.89. The Morgan fingerprint density at radius 1 is 1.08 bits per heavy atom. The van der Waals surface area contributed by atoms with Crippen molar-refractivity contribution in [2.45, 2.75) is 37.3 Å². The minimum absolute atomic E-state index is 0.245. The van der Waals surface area contributed by atoms with E-state index >= 15 is 0 Å². The summed E-state index contributed by atoms with van der Waals surface area (Å²) in [5.74, 6) is 0. The van der Waals surface area contributed by atoms with Gasteiger partial charge in [0.05, 0.1) is 23.1 Å². The molecule has 4 nitrogen and oxygen atoms in total. The van der Waals surface area contributed by atoms with Gasteiger partial charge >= 0.3 is 0 Å². The number of halogens is 1. The highest BCUT2D eigenvalue weighted by Gasteiger charge is 2.43. The first-order valence-electron chi connectivity index (χ1n) is 8.17. The third-order valence-electron chi connectivity index (χ3n) is 4.50. The van der Waals surface area contributed by atoms with Gasteiger partial charge in [0.1, 0.15) is 0 Å². The number of sulfonamides is 1. The summed E-state index contributed by atoms with van der Waals surface area (Å²) < 4.78 is 33.9. The van der Waals surface area contributed by atoms with Crippen LogP contribution >= 0.6 is 11.6 Å². The van der Waals surface area contributed by atoms with Crippen LogP contribution in [0.25, 0.3) is 0 Å². The Balaban J connectivity index is 1.94. The van der Waals surface area contributed by atoms with Gasteiger partial charge in [-0.25, -0.2) is 8.42 Å². The lowest BCUT2D eigenvalue weighted by Gasteiger charge is -2.44. The molecule has 1 heterocycles. The van der Waals surface area contributed by atoms with Crippen LogP contribution in [-0.2, 0) is 14.8 Å². The first kappa shape index (κ1) is 18.4. The van der Waals surface area contributed by atoms with Gasteiger partial charge in [0.25, 0.3) is 0 Å². The Morgan fingerprint density at radius 2 is 1.68 bits per heavy atom. The Morgan fingerprint density at radius 3 is 2.28 bits per heavy atom. The molecular formula is C19H22ClNO3S. The molecule has 0 bridgehead atoms. The summed E-state index contributed by atoms with van der Waals surface area (Å²) in [7, 11) is -3.64. The number of aryl methyl sites for hydroxylation is 1. The molecule has 134 valence electrons. The topological polar surface area (TPSA) is 46.6 Å². The molecule has 1 aliphatic rings. The van der Waals surface area contributed by atoms with Crippen LogP contribution in [0, 0.1) is 6.92 Å². The van der Waals surface area contributed by atoms with Crippen LogP contribution in [0.1, 0.15) is 31.1 Å². The molecule has 1 unspecified atom stereocenters. The standard InChI is InChI=1S/C19H22ClNO3S/c1-14-4-6-15(7-5-14)18-12-21(19(2,3)13-24-18)25(22,23)17-10-8-16(20)9-11-17/h4-11,18H,12-13H2,1-3H3. The minimum atomic E-state index is -3.64. The van der Waals surface area contributed by atoms with E-state index in [1.807, 2.05) is 45.0 Å². The highest BCUT2D eigenvalue weighted by molar-refractivity contribution is 7.89. The molecule has 0 aromatic heterocycles. The molecule has 2 aromatic carbocycles. The summed E-state index contributed by atoms with van der Waals surface area (Å²) in [6.07, 6.45) is -0.282. The molecule has 3 rings (SSSR count). The molecule has 2 aromatic rings. The maximum Gasteiger partial charge on any atom is 0.243 e. The monoisotopic (exact) mass is 379 g/mol. The third kappa shape index (κ3) is 3.75. The number of hydrogen-bond donors (Lipinski definition) is 0. The zero-order valence-electron chi connectivity index (χ0n) is 14.6. The number of ether oxygens (including phenoxy) is 1. The fourth-order valence-electron chi connectivity index (χ4n) is 2.97. The number of morpholine rings is 1. The maximum atomic E-state index is 13.2. The van der Waals surface area contributed by atoms with Crippen LogP contribution in [-0.4, -0.2) is 31.4 Å². The Kier molecular flexibility index (Phi) is 4.95. The van der Waals surface area contributed by atoms with Crippen molar-refractivity contribution in [2.75, 3.05) is 13.2 Å². The molecule has 0 saturated carbocycles. The van der Waals surface area contributed by atoms with Gasteiger partial charge in [-0.15, -0.1) is 0 Å². The molecule has 0 N–H and O–H groups in total. The van der Waals surface area contributed by atoms with Crippen LogP contribution in [0.5, 0.6) is 0 Å². The molecule has 0 spiro atoms. The van der Waals surface area contributed by atoms with Crippen LogP contribution < -0.4 is 0 Å². The Hall–Kier alpha value is -1.40. The summed E-state index contributed by atoms with van der Waals surface area (Å²) in [6, 6.07) is 14.3. The lowest BCUT2D eigenvalue weighted by molar-refractivity contribution is -0.0655. The van der Waals surface area contributed by atoms with Gasteiger partial charge in [0, 0.05) is 11.6 Å². The van der Waals surface area contributed by atoms with Crippen molar-refractivity contribution >= 4 is 21.6 Å². The molecule has 0 aliphatic carbocycles. The van der Waals surface area contributed by atoms with E-state index in [4.69, 9.17) is 16.3 Å². The second kappa shape index (κ2) is 6.72. The highest BCUT2D eigenvalue weighted by atomic mass is 35.5. The lowest BCUT2D eigenvalue weighted by atomic mass is 10.0. The van der Waals surface area contributed by atoms with E-state index in [0.717, 1.165) is 11.1 Å². The fraction of sp³-hybridized carbons (Fsp3) is 0.368. The summed E-state index contributed by atoms with van der Waals surface area (Å²) in [5.41, 5.74) is 1.52. The van der Waals surface area contributed by atoms with Crippen LogP contribution in [0.3, 0.4) is 0 Å². The summed E-state index contributed by atoms with van der Waals surface area (Å²) in [5, 5.41) is 0.512. The van der Waals surface area contributed by atoms with E-state index in [-0.39, 0.29) is 17.5 Å². The number of benzene rings is 2. The van der Waals surface area contributed by atoms with Gasteiger partial charge in [-0.1, -0.05) is 41.4 Å². The van der Waals surface area contributed by atoms with Crippen LogP contribution in [0.15, 0.2) is 53.4 Å². The molecule has 0 amide bonds. The number of hydrogen-bond acceptors (Lipinski definition) is 3. The average molecular weight is 380 g/mol. The molecule has 1 atom stereocenters. The lowest BCUT2D eigenvalue weighted by Crippen LogP contribution is -2.56. The fourth-order valence-corrected chi connectivity index (χ4v) is 4.86. The summed E-state index contributed by atoms with van der Waals surface area (Å²) in [6.45, 7) is 6.39. The van der Waals surface area contributed by atoms with E-state index in [1.54, 1.807) is 24.3 Å². The van der Waals surface area contributed by atoms with E-state index < -0.39 is 15.6 Å². The summed E-state index contributed by atoms with van der Waals surface area (Å²) in [4.78, 5) is 0.245. The van der Waals surface area contributed by atoms with E-state index in [2.05, 4.69) is 0 Å². The van der Waals surface area contributed by atoms with Crippen molar-refractivity contribution < 1.29 is 13.2 Å². The van der Waals surface area contributed by atoms with Gasteiger partial charge in [0.2, 0.25) is 10.0 Å². The van der Waals surface area contributed by atoms with E-state index in [1.165, 1.54) is 4.31 Å². The first-order chi connectivity index (χ1) is 11.7.